The van der Waals surface area contributed by atoms with Crippen molar-refractivity contribution < 1.29 is 4.79 Å². The normalized spacial score (nSPS) is 25.8. The first kappa shape index (κ1) is 8.53. The van der Waals surface area contributed by atoms with E-state index in [0.717, 1.165) is 25.7 Å². The molecule has 4 nitrogen and oxygen atoms in total. The molecule has 2 aliphatic rings. The van der Waals surface area contributed by atoms with Gasteiger partial charge in [-0.1, -0.05) is 12.8 Å². The SMILES string of the molecule is CCN1C(=O)NC(=N)C12CCCC2. The molecule has 72 valence electrons. The summed E-state index contributed by atoms with van der Waals surface area (Å²) in [6.45, 7) is 2.67. The summed E-state index contributed by atoms with van der Waals surface area (Å²) in [5.41, 5.74) is -0.258. The van der Waals surface area contributed by atoms with Crippen molar-refractivity contribution >= 4 is 11.9 Å². The number of amides is 2. The molecule has 0 atom stereocenters. The number of hydrogen-bond donors (Lipinski definition) is 2. The van der Waals surface area contributed by atoms with Gasteiger partial charge in [-0.25, -0.2) is 4.79 Å². The molecule has 0 unspecified atom stereocenters. The zero-order valence-electron chi connectivity index (χ0n) is 7.89. The minimum absolute atomic E-state index is 0.0885. The summed E-state index contributed by atoms with van der Waals surface area (Å²) in [5, 5.41) is 10.4. The molecule has 2 N–H and O–H groups in total. The Bertz CT molecular complexity index is 256. The molecule has 0 aromatic heterocycles. The average molecular weight is 181 g/mol. The highest BCUT2D eigenvalue weighted by molar-refractivity contribution is 6.08. The van der Waals surface area contributed by atoms with Gasteiger partial charge in [0.05, 0.1) is 0 Å². The molecule has 2 rings (SSSR count). The second kappa shape index (κ2) is 2.72. The monoisotopic (exact) mass is 181 g/mol. The third-order valence-corrected chi connectivity index (χ3v) is 3.21. The van der Waals surface area contributed by atoms with Crippen molar-refractivity contribution in [1.29, 1.82) is 5.41 Å². The molecular weight excluding hydrogens is 166 g/mol. The minimum Gasteiger partial charge on any atom is -0.312 e. The van der Waals surface area contributed by atoms with Gasteiger partial charge in [0, 0.05) is 6.54 Å². The van der Waals surface area contributed by atoms with Gasteiger partial charge in [0.1, 0.15) is 11.4 Å². The van der Waals surface area contributed by atoms with Crippen LogP contribution in [0.2, 0.25) is 0 Å². The Kier molecular flexibility index (Phi) is 1.78. The predicted molar refractivity (Wildman–Crippen MR) is 49.8 cm³/mol. The molecule has 0 aromatic carbocycles. The molecule has 1 spiro atoms. The summed E-state index contributed by atoms with van der Waals surface area (Å²) < 4.78 is 0. The number of nitrogens with one attached hydrogen (secondary N) is 2. The smallest absolute Gasteiger partial charge is 0.312 e. The topological polar surface area (TPSA) is 56.2 Å². The fourth-order valence-corrected chi connectivity index (χ4v) is 2.55. The van der Waals surface area contributed by atoms with E-state index in [-0.39, 0.29) is 11.6 Å². The Labute approximate surface area is 77.8 Å². The first-order valence-electron chi connectivity index (χ1n) is 4.88. The van der Waals surface area contributed by atoms with Crippen molar-refractivity contribution in [2.75, 3.05) is 6.54 Å². The second-order valence-electron chi connectivity index (χ2n) is 3.79. The van der Waals surface area contributed by atoms with Crippen LogP contribution in [0.3, 0.4) is 0 Å². The maximum Gasteiger partial charge on any atom is 0.323 e. The molecule has 2 fully saturated rings. The van der Waals surface area contributed by atoms with Crippen LogP contribution < -0.4 is 5.32 Å². The molecule has 1 aliphatic heterocycles. The first-order valence-corrected chi connectivity index (χ1v) is 4.88. The van der Waals surface area contributed by atoms with E-state index in [4.69, 9.17) is 5.41 Å². The van der Waals surface area contributed by atoms with Crippen molar-refractivity contribution in [2.24, 2.45) is 0 Å². The third-order valence-electron chi connectivity index (χ3n) is 3.21. The van der Waals surface area contributed by atoms with Gasteiger partial charge in [0.2, 0.25) is 0 Å². The maximum absolute atomic E-state index is 11.5. The van der Waals surface area contributed by atoms with E-state index in [2.05, 4.69) is 5.32 Å². The zero-order valence-corrected chi connectivity index (χ0v) is 7.89. The van der Waals surface area contributed by atoms with Crippen LogP contribution in [-0.2, 0) is 0 Å². The lowest BCUT2D eigenvalue weighted by Crippen LogP contribution is -2.46. The van der Waals surface area contributed by atoms with Crippen LogP contribution in [-0.4, -0.2) is 28.9 Å². The Morgan fingerprint density at radius 2 is 2.15 bits per heavy atom. The van der Waals surface area contributed by atoms with Gasteiger partial charge in [-0.05, 0) is 19.8 Å². The van der Waals surface area contributed by atoms with E-state index in [1.165, 1.54) is 0 Å². The molecule has 0 aromatic rings. The standard InChI is InChI=1S/C9H15N3O/c1-2-12-8(13)11-7(10)9(12)5-3-4-6-9/h2-6H2,1H3,(H2,10,11,13). The van der Waals surface area contributed by atoms with Crippen LogP contribution >= 0.6 is 0 Å². The second-order valence-corrected chi connectivity index (χ2v) is 3.79. The number of carbonyl (C=O) groups excluding carboxylic acids is 1. The number of nitrogens with zero attached hydrogens (tertiary/aromatic N) is 1. The van der Waals surface area contributed by atoms with Gasteiger partial charge < -0.3 is 4.90 Å². The van der Waals surface area contributed by atoms with Gasteiger partial charge >= 0.3 is 6.03 Å². The van der Waals surface area contributed by atoms with E-state index in [1.807, 2.05) is 11.8 Å². The third kappa shape index (κ3) is 0.975. The molecular formula is C9H15N3O. The largest absolute Gasteiger partial charge is 0.323 e. The Morgan fingerprint density at radius 3 is 2.69 bits per heavy atom. The molecule has 4 heteroatoms. The lowest BCUT2D eigenvalue weighted by Gasteiger charge is -2.31. The lowest BCUT2D eigenvalue weighted by atomic mass is 9.96. The minimum atomic E-state index is -0.258. The maximum atomic E-state index is 11.5. The average Bonchev–Trinajstić information content (AvgIpc) is 2.62. The van der Waals surface area contributed by atoms with E-state index in [0.29, 0.717) is 12.4 Å². The first-order chi connectivity index (χ1) is 6.20. The number of amidine groups is 1. The summed E-state index contributed by atoms with van der Waals surface area (Å²) in [7, 11) is 0. The number of likely N-dealkylation sites (N-methyl/N-ethyl adjacent to an activating group) is 1. The molecule has 0 radical (unpaired) electrons. The number of carbonyl (C=O) groups is 1. The van der Waals surface area contributed by atoms with Crippen LogP contribution in [0.4, 0.5) is 4.79 Å². The van der Waals surface area contributed by atoms with Crippen LogP contribution in [0, 0.1) is 5.41 Å². The van der Waals surface area contributed by atoms with E-state index in [1.54, 1.807) is 0 Å². The van der Waals surface area contributed by atoms with Crippen molar-refractivity contribution in [3.8, 4) is 0 Å². The highest BCUT2D eigenvalue weighted by Gasteiger charge is 2.50. The molecule has 1 aliphatic carbocycles. The van der Waals surface area contributed by atoms with E-state index < -0.39 is 0 Å². The zero-order chi connectivity index (χ0) is 9.47. The van der Waals surface area contributed by atoms with Crippen molar-refractivity contribution in [3.63, 3.8) is 0 Å². The number of urea groups is 1. The highest BCUT2D eigenvalue weighted by Crippen LogP contribution is 2.38. The summed E-state index contributed by atoms with van der Waals surface area (Å²) in [4.78, 5) is 13.3. The van der Waals surface area contributed by atoms with Gasteiger partial charge in [-0.15, -0.1) is 0 Å². The molecule has 13 heavy (non-hydrogen) atoms. The molecule has 1 heterocycles. The van der Waals surface area contributed by atoms with Gasteiger partial charge in [-0.3, -0.25) is 10.7 Å². The van der Waals surface area contributed by atoms with Crippen molar-refractivity contribution in [1.82, 2.24) is 10.2 Å². The Hall–Kier alpha value is -1.06. The summed E-state index contributed by atoms with van der Waals surface area (Å²) in [6, 6.07) is -0.0885. The molecule has 2 amide bonds. The van der Waals surface area contributed by atoms with Gasteiger partial charge in [-0.2, -0.15) is 0 Å². The number of hydrogen-bond acceptors (Lipinski definition) is 2. The van der Waals surface area contributed by atoms with Crippen LogP contribution in [0.25, 0.3) is 0 Å². The van der Waals surface area contributed by atoms with Crippen molar-refractivity contribution in [3.05, 3.63) is 0 Å². The highest BCUT2D eigenvalue weighted by atomic mass is 16.2. The molecule has 1 saturated heterocycles. The summed E-state index contributed by atoms with van der Waals surface area (Å²) in [5.74, 6) is 0.414. The van der Waals surface area contributed by atoms with Crippen molar-refractivity contribution in [2.45, 2.75) is 38.1 Å². The van der Waals surface area contributed by atoms with E-state index in [9.17, 15) is 4.79 Å². The quantitative estimate of drug-likeness (QED) is 0.629. The van der Waals surface area contributed by atoms with Gasteiger partial charge in [0.25, 0.3) is 0 Å². The van der Waals surface area contributed by atoms with Crippen LogP contribution in [0.5, 0.6) is 0 Å². The van der Waals surface area contributed by atoms with E-state index >= 15 is 0 Å². The molecule has 1 saturated carbocycles. The number of rotatable bonds is 1. The summed E-state index contributed by atoms with van der Waals surface area (Å²) in [6.07, 6.45) is 4.18. The Balaban J connectivity index is 2.33. The Morgan fingerprint density at radius 1 is 1.54 bits per heavy atom. The fourth-order valence-electron chi connectivity index (χ4n) is 2.55. The lowest BCUT2D eigenvalue weighted by molar-refractivity contribution is 0.179. The fraction of sp³-hybridized carbons (Fsp3) is 0.778. The van der Waals surface area contributed by atoms with Crippen LogP contribution in [0.15, 0.2) is 0 Å². The summed E-state index contributed by atoms with van der Waals surface area (Å²) >= 11 is 0. The van der Waals surface area contributed by atoms with Gasteiger partial charge in [0.15, 0.2) is 0 Å². The molecule has 0 bridgehead atoms. The predicted octanol–water partition coefficient (Wildman–Crippen LogP) is 1.32. The van der Waals surface area contributed by atoms with Crippen LogP contribution in [0.1, 0.15) is 32.6 Å².